The number of methoxy groups -OCH3 is 1. The standard InChI is InChI=1S/C23H29N3O3/c1-14-4-3-5-15(10-14)18-12-26-9-8-17-16(20(26)11-19(18)24)6-7-21(28-2)23(17)29-13-22(25)27/h3-7,10,18-20H,8-9,11-13,24H2,1-2H3,(H2,25,27). The summed E-state index contributed by atoms with van der Waals surface area (Å²) >= 11 is 0. The van der Waals surface area contributed by atoms with E-state index < -0.39 is 5.91 Å². The largest absolute Gasteiger partial charge is 0.493 e. The van der Waals surface area contributed by atoms with Crippen molar-refractivity contribution < 1.29 is 14.3 Å². The van der Waals surface area contributed by atoms with Crippen LogP contribution in [-0.4, -0.2) is 43.7 Å². The normalized spacial score (nSPS) is 23.8. The van der Waals surface area contributed by atoms with Gasteiger partial charge in [-0.1, -0.05) is 35.9 Å². The van der Waals surface area contributed by atoms with Gasteiger partial charge in [0.2, 0.25) is 0 Å². The molecule has 2 aliphatic rings. The molecule has 1 saturated heterocycles. The van der Waals surface area contributed by atoms with Crippen molar-refractivity contribution in [2.45, 2.75) is 37.8 Å². The summed E-state index contributed by atoms with van der Waals surface area (Å²) in [6.45, 7) is 3.83. The summed E-state index contributed by atoms with van der Waals surface area (Å²) in [5.74, 6) is 1.10. The lowest BCUT2D eigenvalue weighted by molar-refractivity contribution is -0.119. The van der Waals surface area contributed by atoms with Gasteiger partial charge in [-0.05, 0) is 37.0 Å². The minimum Gasteiger partial charge on any atom is -0.493 e. The topological polar surface area (TPSA) is 90.8 Å². The van der Waals surface area contributed by atoms with Crippen LogP contribution in [0.3, 0.4) is 0 Å². The van der Waals surface area contributed by atoms with E-state index in [0.717, 1.165) is 31.5 Å². The van der Waals surface area contributed by atoms with Gasteiger partial charge in [-0.15, -0.1) is 0 Å². The quantitative estimate of drug-likeness (QED) is 0.811. The Morgan fingerprint density at radius 2 is 2.10 bits per heavy atom. The van der Waals surface area contributed by atoms with Crippen molar-refractivity contribution in [3.05, 3.63) is 58.7 Å². The van der Waals surface area contributed by atoms with Crippen LogP contribution in [0.5, 0.6) is 11.5 Å². The fraction of sp³-hybridized carbons (Fsp3) is 0.435. The number of nitrogens with two attached hydrogens (primary N) is 2. The first-order valence-electron chi connectivity index (χ1n) is 10.1. The average Bonchev–Trinajstić information content (AvgIpc) is 2.71. The fourth-order valence-electron chi connectivity index (χ4n) is 4.82. The van der Waals surface area contributed by atoms with Gasteiger partial charge in [0.15, 0.2) is 18.1 Å². The molecule has 2 aromatic rings. The Hall–Kier alpha value is -2.57. The number of benzene rings is 2. The molecule has 6 heteroatoms. The summed E-state index contributed by atoms with van der Waals surface area (Å²) in [5.41, 5.74) is 16.9. The third kappa shape index (κ3) is 3.82. The number of amides is 1. The lowest BCUT2D eigenvalue weighted by Crippen LogP contribution is -2.49. The zero-order valence-electron chi connectivity index (χ0n) is 17.1. The molecule has 2 aliphatic heterocycles. The number of rotatable bonds is 5. The Bertz CT molecular complexity index is 914. The second-order valence-electron chi connectivity index (χ2n) is 8.10. The van der Waals surface area contributed by atoms with Gasteiger partial charge in [-0.25, -0.2) is 0 Å². The predicted octanol–water partition coefficient (Wildman–Crippen LogP) is 2.28. The first kappa shape index (κ1) is 19.7. The molecule has 154 valence electrons. The molecule has 0 aromatic heterocycles. The van der Waals surface area contributed by atoms with E-state index in [0.29, 0.717) is 17.4 Å². The number of primary amides is 1. The minimum absolute atomic E-state index is 0.0843. The van der Waals surface area contributed by atoms with E-state index in [4.69, 9.17) is 20.9 Å². The first-order chi connectivity index (χ1) is 14.0. The Morgan fingerprint density at radius 3 is 2.83 bits per heavy atom. The van der Waals surface area contributed by atoms with Crippen LogP contribution in [0.15, 0.2) is 36.4 Å². The van der Waals surface area contributed by atoms with Gasteiger partial charge >= 0.3 is 0 Å². The van der Waals surface area contributed by atoms with Gasteiger partial charge in [0.25, 0.3) is 5.91 Å². The predicted molar refractivity (Wildman–Crippen MR) is 112 cm³/mol. The van der Waals surface area contributed by atoms with Crippen molar-refractivity contribution in [1.29, 1.82) is 0 Å². The average molecular weight is 396 g/mol. The fourth-order valence-corrected chi connectivity index (χ4v) is 4.82. The molecule has 3 unspecified atom stereocenters. The van der Waals surface area contributed by atoms with Crippen LogP contribution in [-0.2, 0) is 11.2 Å². The molecule has 0 aliphatic carbocycles. The number of hydrogen-bond donors (Lipinski definition) is 2. The van der Waals surface area contributed by atoms with Crippen LogP contribution < -0.4 is 20.9 Å². The molecule has 4 N–H and O–H groups in total. The highest BCUT2D eigenvalue weighted by atomic mass is 16.5. The van der Waals surface area contributed by atoms with Gasteiger partial charge in [-0.3, -0.25) is 9.69 Å². The van der Waals surface area contributed by atoms with Gasteiger partial charge in [0, 0.05) is 36.7 Å². The van der Waals surface area contributed by atoms with Crippen molar-refractivity contribution in [2.75, 3.05) is 26.8 Å². The second-order valence-corrected chi connectivity index (χ2v) is 8.10. The maximum atomic E-state index is 11.2. The third-order valence-electron chi connectivity index (χ3n) is 6.20. The summed E-state index contributed by atoms with van der Waals surface area (Å²) in [6, 6.07) is 13.0. The Morgan fingerprint density at radius 1 is 1.28 bits per heavy atom. The highest BCUT2D eigenvalue weighted by Crippen LogP contribution is 2.45. The van der Waals surface area contributed by atoms with Gasteiger partial charge in [0.1, 0.15) is 0 Å². The van der Waals surface area contributed by atoms with E-state index in [1.54, 1.807) is 7.11 Å². The van der Waals surface area contributed by atoms with Crippen molar-refractivity contribution in [3.63, 3.8) is 0 Å². The summed E-state index contributed by atoms with van der Waals surface area (Å²) in [6.07, 6.45) is 1.72. The minimum atomic E-state index is -0.497. The second kappa shape index (κ2) is 8.05. The molecule has 0 saturated carbocycles. The molecule has 4 rings (SSSR count). The number of piperidine rings is 1. The van der Waals surface area contributed by atoms with Crippen LogP contribution in [0, 0.1) is 6.92 Å². The third-order valence-corrected chi connectivity index (χ3v) is 6.20. The van der Waals surface area contributed by atoms with Crippen LogP contribution >= 0.6 is 0 Å². The van der Waals surface area contributed by atoms with Crippen molar-refractivity contribution in [2.24, 2.45) is 11.5 Å². The Balaban J connectivity index is 1.63. The van der Waals surface area contributed by atoms with Crippen LogP contribution in [0.4, 0.5) is 0 Å². The first-order valence-corrected chi connectivity index (χ1v) is 10.1. The number of carbonyl (C=O) groups is 1. The zero-order chi connectivity index (χ0) is 20.5. The number of carbonyl (C=O) groups excluding carboxylic acids is 1. The van der Waals surface area contributed by atoms with E-state index in [2.05, 4.69) is 42.2 Å². The van der Waals surface area contributed by atoms with E-state index >= 15 is 0 Å². The Kier molecular flexibility index (Phi) is 5.48. The van der Waals surface area contributed by atoms with E-state index in [1.807, 2.05) is 6.07 Å². The molecule has 0 spiro atoms. The van der Waals surface area contributed by atoms with Crippen LogP contribution in [0.25, 0.3) is 0 Å². The van der Waals surface area contributed by atoms with Crippen molar-refractivity contribution in [1.82, 2.24) is 4.90 Å². The SMILES string of the molecule is COc1ccc2c(c1OCC(N)=O)CCN1CC(c3cccc(C)c3)C(N)CC21. The summed E-state index contributed by atoms with van der Waals surface area (Å²) in [5, 5.41) is 0. The highest BCUT2D eigenvalue weighted by molar-refractivity contribution is 5.75. The molecule has 3 atom stereocenters. The summed E-state index contributed by atoms with van der Waals surface area (Å²) in [4.78, 5) is 13.8. The molecule has 29 heavy (non-hydrogen) atoms. The molecule has 1 amide bonds. The molecular weight excluding hydrogens is 366 g/mol. The molecular formula is C23H29N3O3. The van der Waals surface area contributed by atoms with Gasteiger partial charge < -0.3 is 20.9 Å². The number of fused-ring (bicyclic) bond motifs is 3. The Labute approximate surface area is 171 Å². The van der Waals surface area contributed by atoms with E-state index in [9.17, 15) is 4.79 Å². The van der Waals surface area contributed by atoms with E-state index in [-0.39, 0.29) is 18.7 Å². The van der Waals surface area contributed by atoms with E-state index in [1.165, 1.54) is 16.7 Å². The zero-order valence-corrected chi connectivity index (χ0v) is 17.1. The monoisotopic (exact) mass is 395 g/mol. The van der Waals surface area contributed by atoms with Crippen molar-refractivity contribution in [3.8, 4) is 11.5 Å². The number of ether oxygens (including phenoxy) is 2. The van der Waals surface area contributed by atoms with Gasteiger partial charge in [-0.2, -0.15) is 0 Å². The van der Waals surface area contributed by atoms with Crippen LogP contribution in [0.2, 0.25) is 0 Å². The molecule has 1 fully saturated rings. The molecule has 6 nitrogen and oxygen atoms in total. The number of hydrogen-bond acceptors (Lipinski definition) is 5. The molecule has 0 radical (unpaired) electrons. The molecule has 2 aromatic carbocycles. The lowest BCUT2D eigenvalue weighted by Gasteiger charge is -2.46. The maximum absolute atomic E-state index is 11.2. The molecule has 0 bridgehead atoms. The highest BCUT2D eigenvalue weighted by Gasteiger charge is 2.39. The number of aryl methyl sites for hydroxylation is 1. The number of nitrogens with zero attached hydrogens (tertiary/aromatic N) is 1. The summed E-state index contributed by atoms with van der Waals surface area (Å²) < 4.78 is 11.2. The van der Waals surface area contributed by atoms with Crippen molar-refractivity contribution >= 4 is 5.91 Å². The van der Waals surface area contributed by atoms with Gasteiger partial charge in [0.05, 0.1) is 7.11 Å². The molecule has 2 heterocycles. The lowest BCUT2D eigenvalue weighted by atomic mass is 9.78. The maximum Gasteiger partial charge on any atom is 0.255 e. The smallest absolute Gasteiger partial charge is 0.255 e. The summed E-state index contributed by atoms with van der Waals surface area (Å²) in [7, 11) is 1.61. The van der Waals surface area contributed by atoms with Crippen LogP contribution in [0.1, 0.15) is 40.6 Å².